The van der Waals surface area contributed by atoms with Gasteiger partial charge in [0.05, 0.1) is 11.1 Å². The number of carbonyl (C=O) groups is 1. The Kier molecular flexibility index (Phi) is 4.71. The van der Waals surface area contributed by atoms with Gasteiger partial charge in [-0.1, -0.05) is 18.2 Å². The molecule has 5 nitrogen and oxygen atoms in total. The van der Waals surface area contributed by atoms with Gasteiger partial charge in [-0.3, -0.25) is 9.69 Å². The molecule has 5 rings (SSSR count). The van der Waals surface area contributed by atoms with Crippen molar-refractivity contribution < 1.29 is 4.79 Å². The summed E-state index contributed by atoms with van der Waals surface area (Å²) in [4.78, 5) is 22.8. The lowest BCUT2D eigenvalue weighted by Crippen LogP contribution is -2.46. The Morgan fingerprint density at radius 1 is 1.07 bits per heavy atom. The Bertz CT molecular complexity index is 870. The highest BCUT2D eigenvalue weighted by molar-refractivity contribution is 6.07. The highest BCUT2D eigenvalue weighted by atomic mass is 16.1. The average molecular weight is 379 g/mol. The molecule has 1 aromatic heterocycles. The van der Waals surface area contributed by atoms with Gasteiger partial charge in [0.2, 0.25) is 0 Å². The number of para-hydroxylation sites is 1. The van der Waals surface area contributed by atoms with Crippen molar-refractivity contribution in [1.29, 1.82) is 0 Å². The third kappa shape index (κ3) is 3.48. The number of hydrogen-bond donors (Lipinski definition) is 1. The molecule has 0 spiro atoms. The second-order valence-corrected chi connectivity index (χ2v) is 8.74. The van der Waals surface area contributed by atoms with Crippen LogP contribution in [-0.2, 0) is 0 Å². The van der Waals surface area contributed by atoms with E-state index in [1.807, 2.05) is 30.3 Å². The van der Waals surface area contributed by atoms with Crippen LogP contribution in [0, 0.1) is 0 Å². The maximum atomic E-state index is 12.8. The Labute approximate surface area is 167 Å². The molecule has 1 aliphatic carbocycles. The second kappa shape index (κ2) is 7.36. The SMILES string of the molecule is CC1CCCN1C1CCN(c2cc(C(=O)NC3CC3)c3ccccc3n2)CC1. The van der Waals surface area contributed by atoms with E-state index in [9.17, 15) is 4.79 Å². The highest BCUT2D eigenvalue weighted by Crippen LogP contribution is 2.30. The number of rotatable bonds is 4. The first kappa shape index (κ1) is 17.9. The van der Waals surface area contributed by atoms with Gasteiger partial charge in [0.25, 0.3) is 5.91 Å². The molecule has 148 valence electrons. The van der Waals surface area contributed by atoms with Crippen LogP contribution in [-0.4, -0.2) is 53.6 Å². The Morgan fingerprint density at radius 2 is 1.86 bits per heavy atom. The monoisotopic (exact) mass is 378 g/mol. The first-order valence-electron chi connectivity index (χ1n) is 10.9. The van der Waals surface area contributed by atoms with Crippen molar-refractivity contribution in [2.75, 3.05) is 24.5 Å². The molecule has 1 N–H and O–H groups in total. The van der Waals surface area contributed by atoms with Crippen LogP contribution in [0.3, 0.4) is 0 Å². The topological polar surface area (TPSA) is 48.5 Å². The standard InChI is InChI=1S/C23H30N4O/c1-16-5-4-12-27(16)18-10-13-26(14-11-18)22-15-20(23(28)24-17-8-9-17)19-6-2-3-7-21(19)25-22/h2-3,6-7,15-18H,4-5,8-14H2,1H3,(H,24,28). The molecule has 5 heteroatoms. The number of nitrogens with zero attached hydrogens (tertiary/aromatic N) is 3. The minimum absolute atomic E-state index is 0.0446. The summed E-state index contributed by atoms with van der Waals surface area (Å²) >= 11 is 0. The molecule has 3 aliphatic rings. The van der Waals surface area contributed by atoms with Crippen LogP contribution in [0.5, 0.6) is 0 Å². The van der Waals surface area contributed by atoms with Crippen molar-refractivity contribution in [3.8, 4) is 0 Å². The van der Waals surface area contributed by atoms with Gasteiger partial charge in [-0.25, -0.2) is 4.98 Å². The molecule has 28 heavy (non-hydrogen) atoms. The van der Waals surface area contributed by atoms with E-state index >= 15 is 0 Å². The number of benzene rings is 1. The molecule has 0 radical (unpaired) electrons. The van der Waals surface area contributed by atoms with Crippen LogP contribution < -0.4 is 10.2 Å². The van der Waals surface area contributed by atoms with Crippen LogP contribution >= 0.6 is 0 Å². The van der Waals surface area contributed by atoms with E-state index in [1.54, 1.807) is 0 Å². The first-order valence-corrected chi connectivity index (χ1v) is 10.9. The summed E-state index contributed by atoms with van der Waals surface area (Å²) in [6, 6.07) is 11.8. The van der Waals surface area contributed by atoms with Gasteiger partial charge in [-0.2, -0.15) is 0 Å². The van der Waals surface area contributed by atoms with Crippen molar-refractivity contribution >= 4 is 22.6 Å². The van der Waals surface area contributed by atoms with Crippen LogP contribution in [0.1, 0.15) is 55.8 Å². The number of aromatic nitrogens is 1. The number of hydrogen-bond acceptors (Lipinski definition) is 4. The molecule has 1 unspecified atom stereocenters. The summed E-state index contributed by atoms with van der Waals surface area (Å²) < 4.78 is 0. The van der Waals surface area contributed by atoms with Crippen molar-refractivity contribution in [3.05, 3.63) is 35.9 Å². The maximum absolute atomic E-state index is 12.8. The summed E-state index contributed by atoms with van der Waals surface area (Å²) in [6.07, 6.45) is 7.25. The largest absolute Gasteiger partial charge is 0.356 e. The molecule has 1 amide bonds. The minimum atomic E-state index is 0.0446. The van der Waals surface area contributed by atoms with Crippen molar-refractivity contribution in [3.63, 3.8) is 0 Å². The number of fused-ring (bicyclic) bond motifs is 1. The molecule has 2 aliphatic heterocycles. The number of nitrogens with one attached hydrogen (secondary N) is 1. The summed E-state index contributed by atoms with van der Waals surface area (Å²) in [7, 11) is 0. The number of carbonyl (C=O) groups excluding carboxylic acids is 1. The van der Waals surface area contributed by atoms with Crippen LogP contribution in [0.15, 0.2) is 30.3 Å². The minimum Gasteiger partial charge on any atom is -0.356 e. The van der Waals surface area contributed by atoms with E-state index in [2.05, 4.69) is 22.0 Å². The molecular weight excluding hydrogens is 348 g/mol. The quantitative estimate of drug-likeness (QED) is 0.883. The predicted octanol–water partition coefficient (Wildman–Crippen LogP) is 3.58. The van der Waals surface area contributed by atoms with Gasteiger partial charge in [0.15, 0.2) is 0 Å². The summed E-state index contributed by atoms with van der Waals surface area (Å²) in [5, 5.41) is 4.10. The van der Waals surface area contributed by atoms with Crippen LogP contribution in [0.25, 0.3) is 10.9 Å². The fourth-order valence-electron chi connectivity index (χ4n) is 4.93. The fraction of sp³-hybridized carbons (Fsp3) is 0.565. The zero-order valence-electron chi connectivity index (χ0n) is 16.7. The number of amides is 1. The Hall–Kier alpha value is -2.14. The second-order valence-electron chi connectivity index (χ2n) is 8.74. The number of likely N-dealkylation sites (tertiary alicyclic amines) is 1. The third-order valence-corrected chi connectivity index (χ3v) is 6.72. The van der Waals surface area contributed by atoms with Crippen molar-refractivity contribution in [2.45, 2.75) is 63.6 Å². The number of pyridine rings is 1. The van der Waals surface area contributed by atoms with E-state index in [0.29, 0.717) is 12.1 Å². The molecule has 3 heterocycles. The fourth-order valence-corrected chi connectivity index (χ4v) is 4.93. The Morgan fingerprint density at radius 3 is 2.57 bits per heavy atom. The summed E-state index contributed by atoms with van der Waals surface area (Å²) in [5.41, 5.74) is 1.68. The molecule has 1 saturated carbocycles. The van der Waals surface area contributed by atoms with Gasteiger partial charge >= 0.3 is 0 Å². The molecular formula is C23H30N4O. The zero-order valence-corrected chi connectivity index (χ0v) is 16.7. The van der Waals surface area contributed by atoms with Crippen molar-refractivity contribution in [1.82, 2.24) is 15.2 Å². The van der Waals surface area contributed by atoms with E-state index in [1.165, 1.54) is 32.2 Å². The molecule has 2 saturated heterocycles. The van der Waals surface area contributed by atoms with Crippen LogP contribution in [0.2, 0.25) is 0 Å². The molecule has 2 aromatic rings. The molecule has 3 fully saturated rings. The van der Waals surface area contributed by atoms with Gasteiger partial charge in [-0.05, 0) is 64.1 Å². The predicted molar refractivity (Wildman–Crippen MR) is 113 cm³/mol. The van der Waals surface area contributed by atoms with Gasteiger partial charge in [-0.15, -0.1) is 0 Å². The molecule has 1 aromatic carbocycles. The summed E-state index contributed by atoms with van der Waals surface area (Å²) in [6.45, 7) is 5.66. The average Bonchev–Trinajstić information content (AvgIpc) is 3.44. The van der Waals surface area contributed by atoms with E-state index in [-0.39, 0.29) is 5.91 Å². The number of anilines is 1. The van der Waals surface area contributed by atoms with E-state index < -0.39 is 0 Å². The van der Waals surface area contributed by atoms with Gasteiger partial charge in [0.1, 0.15) is 5.82 Å². The highest BCUT2D eigenvalue weighted by Gasteiger charge is 2.31. The first-order chi connectivity index (χ1) is 13.7. The zero-order chi connectivity index (χ0) is 19.1. The Balaban J connectivity index is 1.37. The van der Waals surface area contributed by atoms with Crippen LogP contribution in [0.4, 0.5) is 5.82 Å². The lowest BCUT2D eigenvalue weighted by molar-refractivity contribution is 0.0952. The van der Waals surface area contributed by atoms with Crippen molar-refractivity contribution in [2.24, 2.45) is 0 Å². The smallest absolute Gasteiger partial charge is 0.252 e. The summed E-state index contributed by atoms with van der Waals surface area (Å²) in [5.74, 6) is 0.996. The normalized spacial score (nSPS) is 24.0. The number of piperidine rings is 1. The third-order valence-electron chi connectivity index (χ3n) is 6.72. The molecule has 1 atom stereocenters. The van der Waals surface area contributed by atoms with E-state index in [0.717, 1.165) is 54.3 Å². The lowest BCUT2D eigenvalue weighted by atomic mass is 10.0. The van der Waals surface area contributed by atoms with E-state index in [4.69, 9.17) is 4.98 Å². The van der Waals surface area contributed by atoms with Gasteiger partial charge < -0.3 is 10.2 Å². The lowest BCUT2D eigenvalue weighted by Gasteiger charge is -2.39. The van der Waals surface area contributed by atoms with Gasteiger partial charge in [0, 0.05) is 36.6 Å². The molecule has 0 bridgehead atoms. The maximum Gasteiger partial charge on any atom is 0.252 e.